The largest absolute Gasteiger partial charge is 0.480 e. The van der Waals surface area contributed by atoms with Crippen molar-refractivity contribution < 1.29 is 19.4 Å². The van der Waals surface area contributed by atoms with E-state index in [9.17, 15) is 14.7 Å². The maximum atomic E-state index is 12.6. The van der Waals surface area contributed by atoms with Crippen molar-refractivity contribution in [1.82, 2.24) is 4.90 Å². The van der Waals surface area contributed by atoms with Crippen molar-refractivity contribution in [2.75, 3.05) is 18.1 Å². The minimum atomic E-state index is -0.964. The quantitative estimate of drug-likeness (QED) is 0.895. The Bertz CT molecular complexity index is 594. The minimum Gasteiger partial charge on any atom is -0.480 e. The second-order valence-electron chi connectivity index (χ2n) is 5.02. The number of aliphatic carboxylic acids is 1. The van der Waals surface area contributed by atoms with E-state index in [1.165, 1.54) is 4.90 Å². The molecule has 1 amide bonds. The normalized spacial score (nSPS) is 24.3. The molecule has 1 saturated heterocycles. The molecule has 2 atom stereocenters. The molecule has 1 aromatic carbocycles. The van der Waals surface area contributed by atoms with E-state index in [1.54, 1.807) is 30.0 Å². The summed E-state index contributed by atoms with van der Waals surface area (Å²) in [4.78, 5) is 25.3. The van der Waals surface area contributed by atoms with E-state index in [4.69, 9.17) is 16.3 Å². The predicted molar refractivity (Wildman–Crippen MR) is 80.0 cm³/mol. The molecule has 2 aliphatic rings. The SMILES string of the molecule is O=C(O)C1CSCCN1C(=O)C1Cc2cc(Cl)ccc2O1. The van der Waals surface area contributed by atoms with Crippen LogP contribution in [0.4, 0.5) is 0 Å². The first-order valence-corrected chi connectivity index (χ1v) is 8.15. The first kappa shape index (κ1) is 14.5. The fourth-order valence-electron chi connectivity index (χ4n) is 2.61. The first-order valence-electron chi connectivity index (χ1n) is 6.62. The van der Waals surface area contributed by atoms with E-state index in [2.05, 4.69) is 0 Å². The number of halogens is 1. The summed E-state index contributed by atoms with van der Waals surface area (Å²) in [7, 11) is 0. The van der Waals surface area contributed by atoms with Gasteiger partial charge in [-0.05, 0) is 23.8 Å². The van der Waals surface area contributed by atoms with Crippen molar-refractivity contribution in [2.45, 2.75) is 18.6 Å². The Kier molecular flexibility index (Phi) is 3.99. The molecule has 5 nitrogen and oxygen atoms in total. The van der Waals surface area contributed by atoms with Gasteiger partial charge in [-0.15, -0.1) is 0 Å². The van der Waals surface area contributed by atoms with Crippen LogP contribution in [0.1, 0.15) is 5.56 Å². The molecule has 3 rings (SSSR count). The zero-order valence-corrected chi connectivity index (χ0v) is 12.7. The van der Waals surface area contributed by atoms with Crippen molar-refractivity contribution in [3.8, 4) is 5.75 Å². The third-order valence-corrected chi connectivity index (χ3v) is 4.93. The molecule has 0 spiro atoms. The van der Waals surface area contributed by atoms with Gasteiger partial charge in [-0.1, -0.05) is 11.6 Å². The van der Waals surface area contributed by atoms with Gasteiger partial charge in [-0.2, -0.15) is 11.8 Å². The standard InChI is InChI=1S/C14H14ClNO4S/c15-9-1-2-11-8(5-9)6-12(20-11)13(17)16-3-4-21-7-10(16)14(18)19/h1-2,5,10,12H,3-4,6-7H2,(H,18,19). The Hall–Kier alpha value is -1.40. The number of fused-ring (bicyclic) bond motifs is 1. The number of carbonyl (C=O) groups excluding carboxylic acids is 1. The van der Waals surface area contributed by atoms with Gasteiger partial charge in [-0.3, -0.25) is 4.79 Å². The van der Waals surface area contributed by atoms with Crippen LogP contribution in [0, 0.1) is 0 Å². The molecule has 0 bridgehead atoms. The summed E-state index contributed by atoms with van der Waals surface area (Å²) in [6, 6.07) is 4.47. The molecule has 2 heterocycles. The van der Waals surface area contributed by atoms with Crippen LogP contribution in [0.25, 0.3) is 0 Å². The van der Waals surface area contributed by atoms with Crippen LogP contribution in [0.5, 0.6) is 5.75 Å². The Labute approximate surface area is 131 Å². The van der Waals surface area contributed by atoms with E-state index >= 15 is 0 Å². The van der Waals surface area contributed by atoms with Crippen molar-refractivity contribution in [3.63, 3.8) is 0 Å². The van der Waals surface area contributed by atoms with Crippen LogP contribution in [-0.2, 0) is 16.0 Å². The average Bonchev–Trinajstić information content (AvgIpc) is 2.89. The van der Waals surface area contributed by atoms with E-state index < -0.39 is 18.1 Å². The molecular weight excluding hydrogens is 314 g/mol. The number of hydrogen-bond donors (Lipinski definition) is 1. The number of thioether (sulfide) groups is 1. The zero-order valence-electron chi connectivity index (χ0n) is 11.1. The van der Waals surface area contributed by atoms with Gasteiger partial charge in [0.1, 0.15) is 11.8 Å². The molecule has 1 aromatic rings. The highest BCUT2D eigenvalue weighted by molar-refractivity contribution is 7.99. The van der Waals surface area contributed by atoms with Gasteiger partial charge in [-0.25, -0.2) is 4.79 Å². The fourth-order valence-corrected chi connectivity index (χ4v) is 3.84. The Balaban J connectivity index is 1.76. The Morgan fingerprint density at radius 3 is 3.00 bits per heavy atom. The molecule has 1 N–H and O–H groups in total. The molecule has 0 aliphatic carbocycles. The van der Waals surface area contributed by atoms with Gasteiger partial charge < -0.3 is 14.7 Å². The summed E-state index contributed by atoms with van der Waals surface area (Å²) in [5.74, 6) is 0.605. The van der Waals surface area contributed by atoms with Crippen molar-refractivity contribution in [2.24, 2.45) is 0 Å². The van der Waals surface area contributed by atoms with Crippen LogP contribution in [0.15, 0.2) is 18.2 Å². The average molecular weight is 328 g/mol. The molecule has 0 aromatic heterocycles. The lowest BCUT2D eigenvalue weighted by molar-refractivity contribution is -0.152. The van der Waals surface area contributed by atoms with Crippen LogP contribution >= 0.6 is 23.4 Å². The van der Waals surface area contributed by atoms with Crippen LogP contribution in [0.3, 0.4) is 0 Å². The Morgan fingerprint density at radius 1 is 1.43 bits per heavy atom. The second-order valence-corrected chi connectivity index (χ2v) is 6.61. The molecule has 0 saturated carbocycles. The molecular formula is C14H14ClNO4S. The fraction of sp³-hybridized carbons (Fsp3) is 0.429. The predicted octanol–water partition coefficient (Wildman–Crippen LogP) is 1.67. The Morgan fingerprint density at radius 2 is 2.24 bits per heavy atom. The highest BCUT2D eigenvalue weighted by Crippen LogP contribution is 2.32. The number of ether oxygens (including phenoxy) is 1. The summed E-state index contributed by atoms with van der Waals surface area (Å²) < 4.78 is 5.66. The zero-order chi connectivity index (χ0) is 15.0. The molecule has 0 radical (unpaired) electrons. The lowest BCUT2D eigenvalue weighted by Crippen LogP contribution is -2.54. The number of carbonyl (C=O) groups is 2. The smallest absolute Gasteiger partial charge is 0.327 e. The van der Waals surface area contributed by atoms with Crippen molar-refractivity contribution >= 4 is 35.2 Å². The molecule has 112 valence electrons. The van der Waals surface area contributed by atoms with E-state index in [0.29, 0.717) is 29.5 Å². The summed E-state index contributed by atoms with van der Waals surface area (Å²) in [5.41, 5.74) is 0.888. The van der Waals surface area contributed by atoms with E-state index in [1.807, 2.05) is 0 Å². The van der Waals surface area contributed by atoms with Gasteiger partial charge in [0.05, 0.1) is 0 Å². The molecule has 21 heavy (non-hydrogen) atoms. The van der Waals surface area contributed by atoms with E-state index in [0.717, 1.165) is 11.3 Å². The molecule has 7 heteroatoms. The monoisotopic (exact) mass is 327 g/mol. The summed E-state index contributed by atoms with van der Waals surface area (Å²) in [6.45, 7) is 0.442. The van der Waals surface area contributed by atoms with Crippen LogP contribution < -0.4 is 4.74 Å². The van der Waals surface area contributed by atoms with Gasteiger partial charge >= 0.3 is 5.97 Å². The lowest BCUT2D eigenvalue weighted by Gasteiger charge is -2.33. The number of benzene rings is 1. The number of carboxylic acid groups (broad SMARTS) is 1. The van der Waals surface area contributed by atoms with Crippen LogP contribution in [-0.4, -0.2) is 52.1 Å². The van der Waals surface area contributed by atoms with Gasteiger partial charge in [0.15, 0.2) is 6.10 Å². The van der Waals surface area contributed by atoms with Crippen molar-refractivity contribution in [1.29, 1.82) is 0 Å². The second kappa shape index (κ2) is 5.77. The van der Waals surface area contributed by atoms with Gasteiger partial charge in [0, 0.05) is 29.5 Å². The lowest BCUT2D eigenvalue weighted by atomic mass is 10.1. The van der Waals surface area contributed by atoms with Crippen LogP contribution in [0.2, 0.25) is 5.02 Å². The molecule has 2 aliphatic heterocycles. The highest BCUT2D eigenvalue weighted by atomic mass is 35.5. The topological polar surface area (TPSA) is 66.8 Å². The van der Waals surface area contributed by atoms with Gasteiger partial charge in [0.2, 0.25) is 0 Å². The number of amides is 1. The minimum absolute atomic E-state index is 0.255. The molecule has 1 fully saturated rings. The summed E-state index contributed by atoms with van der Waals surface area (Å²) >= 11 is 7.48. The third kappa shape index (κ3) is 2.82. The third-order valence-electron chi connectivity index (χ3n) is 3.67. The highest BCUT2D eigenvalue weighted by Gasteiger charge is 2.39. The number of rotatable bonds is 2. The summed E-state index contributed by atoms with van der Waals surface area (Å²) in [5, 5.41) is 9.85. The van der Waals surface area contributed by atoms with Gasteiger partial charge in [0.25, 0.3) is 5.91 Å². The maximum Gasteiger partial charge on any atom is 0.327 e. The number of hydrogen-bond acceptors (Lipinski definition) is 4. The number of carboxylic acids is 1. The van der Waals surface area contributed by atoms with Crippen molar-refractivity contribution in [3.05, 3.63) is 28.8 Å². The number of nitrogens with zero attached hydrogens (tertiary/aromatic N) is 1. The summed E-state index contributed by atoms with van der Waals surface area (Å²) in [6.07, 6.45) is -0.214. The first-order chi connectivity index (χ1) is 10.1. The molecule has 2 unspecified atom stereocenters. The maximum absolute atomic E-state index is 12.6. The van der Waals surface area contributed by atoms with E-state index in [-0.39, 0.29) is 5.91 Å².